The molecular formula is C10H11BrN2O4. The summed E-state index contributed by atoms with van der Waals surface area (Å²) in [4.78, 5) is 21.7. The van der Waals surface area contributed by atoms with Crippen LogP contribution in [-0.4, -0.2) is 36.2 Å². The normalized spacial score (nSPS) is 9.76. The Balaban J connectivity index is 2.40. The van der Waals surface area contributed by atoms with Gasteiger partial charge in [0.05, 0.1) is 12.6 Å². The van der Waals surface area contributed by atoms with Gasteiger partial charge in [-0.1, -0.05) is 15.9 Å². The van der Waals surface area contributed by atoms with Gasteiger partial charge in [-0.2, -0.15) is 0 Å². The molecule has 0 fully saturated rings. The average molecular weight is 303 g/mol. The Bertz CT molecular complexity index is 407. The van der Waals surface area contributed by atoms with Crippen molar-refractivity contribution in [3.05, 3.63) is 44.4 Å². The number of carbonyl (C=O) groups excluding carboxylic acids is 1. The number of carbonyl (C=O) groups is 1. The van der Waals surface area contributed by atoms with Crippen molar-refractivity contribution in [1.82, 2.24) is 5.01 Å². The molecule has 0 unspecified atom stereocenters. The second kappa shape index (κ2) is 6.19. The van der Waals surface area contributed by atoms with Crippen molar-refractivity contribution in [2.45, 2.75) is 0 Å². The first kappa shape index (κ1) is 13.4. The first-order valence-corrected chi connectivity index (χ1v) is 5.58. The van der Waals surface area contributed by atoms with Crippen LogP contribution in [0.1, 0.15) is 10.4 Å². The van der Waals surface area contributed by atoms with Crippen LogP contribution in [0.3, 0.4) is 0 Å². The third-order valence-corrected chi connectivity index (χ3v) is 2.54. The highest BCUT2D eigenvalue weighted by molar-refractivity contribution is 9.10. The van der Waals surface area contributed by atoms with Crippen LogP contribution >= 0.6 is 15.9 Å². The third-order valence-electron chi connectivity index (χ3n) is 2.01. The molecule has 92 valence electrons. The summed E-state index contributed by atoms with van der Waals surface area (Å²) >= 11 is 3.25. The van der Waals surface area contributed by atoms with Gasteiger partial charge >= 0.3 is 5.97 Å². The van der Waals surface area contributed by atoms with Crippen LogP contribution in [0.5, 0.6) is 0 Å². The predicted molar refractivity (Wildman–Crippen MR) is 64.0 cm³/mol. The largest absolute Gasteiger partial charge is 0.460 e. The molecule has 0 heterocycles. The van der Waals surface area contributed by atoms with Crippen molar-refractivity contribution in [2.24, 2.45) is 0 Å². The van der Waals surface area contributed by atoms with E-state index in [0.29, 0.717) is 5.56 Å². The lowest BCUT2D eigenvalue weighted by atomic mass is 10.2. The molecule has 6 nitrogen and oxygen atoms in total. The lowest BCUT2D eigenvalue weighted by molar-refractivity contribution is -0.649. The summed E-state index contributed by atoms with van der Waals surface area (Å²) in [5, 5.41) is 10.6. The Morgan fingerprint density at radius 3 is 2.59 bits per heavy atom. The van der Waals surface area contributed by atoms with Gasteiger partial charge < -0.3 is 4.74 Å². The number of halogens is 1. The SMILES string of the molecule is CN(CCOC(=O)c1ccc(Br)cc1)[N+](=O)[O-]. The number of benzene rings is 1. The maximum Gasteiger partial charge on any atom is 0.338 e. The lowest BCUT2D eigenvalue weighted by Gasteiger charge is -2.08. The zero-order chi connectivity index (χ0) is 12.8. The second-order valence-corrected chi connectivity index (χ2v) is 4.18. The third kappa shape index (κ3) is 4.39. The smallest absolute Gasteiger partial charge is 0.338 e. The molecule has 0 saturated heterocycles. The van der Waals surface area contributed by atoms with E-state index >= 15 is 0 Å². The molecule has 0 aromatic heterocycles. The van der Waals surface area contributed by atoms with E-state index < -0.39 is 11.0 Å². The molecule has 0 atom stereocenters. The Labute approximate surface area is 106 Å². The summed E-state index contributed by atoms with van der Waals surface area (Å²) < 4.78 is 5.75. The number of ether oxygens (including phenoxy) is 1. The molecule has 0 spiro atoms. The van der Waals surface area contributed by atoms with Gasteiger partial charge in [0.15, 0.2) is 5.03 Å². The topological polar surface area (TPSA) is 72.7 Å². The van der Waals surface area contributed by atoms with Gasteiger partial charge in [-0.15, -0.1) is 5.01 Å². The van der Waals surface area contributed by atoms with Gasteiger partial charge in [0, 0.05) is 4.47 Å². The van der Waals surface area contributed by atoms with Crippen LogP contribution in [0.4, 0.5) is 0 Å². The first-order chi connectivity index (χ1) is 8.00. The summed E-state index contributed by atoms with van der Waals surface area (Å²) in [7, 11) is 1.31. The van der Waals surface area contributed by atoms with Crippen molar-refractivity contribution < 1.29 is 14.6 Å². The summed E-state index contributed by atoms with van der Waals surface area (Å²) in [5.74, 6) is -0.491. The van der Waals surface area contributed by atoms with Crippen LogP contribution in [0.2, 0.25) is 0 Å². The molecule has 1 rings (SSSR count). The number of hydrazine groups is 1. The number of hydrogen-bond acceptors (Lipinski definition) is 4. The number of nitrogens with zero attached hydrogens (tertiary/aromatic N) is 2. The fourth-order valence-electron chi connectivity index (χ4n) is 1.02. The minimum Gasteiger partial charge on any atom is -0.460 e. The first-order valence-electron chi connectivity index (χ1n) is 4.79. The highest BCUT2D eigenvalue weighted by atomic mass is 79.9. The Hall–Kier alpha value is -1.63. The number of nitro groups is 1. The molecule has 1 aromatic carbocycles. The molecule has 0 amide bonds. The summed E-state index contributed by atoms with van der Waals surface area (Å²) in [6, 6.07) is 6.67. The quantitative estimate of drug-likeness (QED) is 0.470. The van der Waals surface area contributed by atoms with Crippen molar-refractivity contribution in [3.63, 3.8) is 0 Å². The van der Waals surface area contributed by atoms with Gasteiger partial charge in [-0.05, 0) is 24.3 Å². The molecule has 17 heavy (non-hydrogen) atoms. The summed E-state index contributed by atoms with van der Waals surface area (Å²) in [6.45, 7) is 0.0294. The van der Waals surface area contributed by atoms with Crippen LogP contribution in [0.15, 0.2) is 28.7 Å². The summed E-state index contributed by atoms with van der Waals surface area (Å²) in [6.07, 6.45) is 0. The number of esters is 1. The van der Waals surface area contributed by atoms with E-state index in [1.54, 1.807) is 24.3 Å². The van der Waals surface area contributed by atoms with E-state index in [4.69, 9.17) is 4.74 Å². The van der Waals surface area contributed by atoms with Gasteiger partial charge in [0.2, 0.25) is 0 Å². The molecule has 0 aliphatic carbocycles. The standard InChI is InChI=1S/C10H11BrN2O4/c1-12(13(15)16)6-7-17-10(14)8-2-4-9(11)5-3-8/h2-5H,6-7H2,1H3. The average Bonchev–Trinajstić information content (AvgIpc) is 2.29. The van der Waals surface area contributed by atoms with E-state index in [2.05, 4.69) is 15.9 Å². The van der Waals surface area contributed by atoms with E-state index in [1.807, 2.05) is 0 Å². The van der Waals surface area contributed by atoms with E-state index in [0.717, 1.165) is 9.48 Å². The van der Waals surface area contributed by atoms with Gasteiger partial charge in [-0.3, -0.25) is 0 Å². The molecule has 7 heteroatoms. The maximum atomic E-state index is 11.5. The lowest BCUT2D eigenvalue weighted by Crippen LogP contribution is -2.29. The van der Waals surface area contributed by atoms with Crippen LogP contribution < -0.4 is 0 Å². The van der Waals surface area contributed by atoms with E-state index in [9.17, 15) is 14.9 Å². The second-order valence-electron chi connectivity index (χ2n) is 3.26. The minimum absolute atomic E-state index is 0.0215. The molecule has 0 aliphatic heterocycles. The fraction of sp³-hybridized carbons (Fsp3) is 0.300. The summed E-state index contributed by atoms with van der Waals surface area (Å²) in [5.41, 5.74) is 0.414. The molecule has 0 radical (unpaired) electrons. The highest BCUT2D eigenvalue weighted by Crippen LogP contribution is 2.11. The van der Waals surface area contributed by atoms with Crippen LogP contribution in [-0.2, 0) is 4.74 Å². The van der Waals surface area contributed by atoms with Crippen molar-refractivity contribution in [3.8, 4) is 0 Å². The minimum atomic E-state index is -0.562. The van der Waals surface area contributed by atoms with E-state index in [-0.39, 0.29) is 13.2 Å². The molecule has 0 bridgehead atoms. The van der Waals surface area contributed by atoms with Crippen molar-refractivity contribution >= 4 is 21.9 Å². The Morgan fingerprint density at radius 2 is 2.06 bits per heavy atom. The van der Waals surface area contributed by atoms with E-state index in [1.165, 1.54) is 7.05 Å². The Kier molecular flexibility index (Phi) is 4.89. The predicted octanol–water partition coefficient (Wildman–Crippen LogP) is 1.73. The molecule has 0 aliphatic rings. The van der Waals surface area contributed by atoms with Crippen LogP contribution in [0, 0.1) is 10.1 Å². The zero-order valence-electron chi connectivity index (χ0n) is 9.13. The van der Waals surface area contributed by atoms with Gasteiger partial charge in [0.1, 0.15) is 13.2 Å². The zero-order valence-corrected chi connectivity index (χ0v) is 10.7. The van der Waals surface area contributed by atoms with Crippen LogP contribution in [0.25, 0.3) is 0 Å². The van der Waals surface area contributed by atoms with Crippen molar-refractivity contribution in [2.75, 3.05) is 20.2 Å². The van der Waals surface area contributed by atoms with Crippen molar-refractivity contribution in [1.29, 1.82) is 0 Å². The van der Waals surface area contributed by atoms with Gasteiger partial charge in [0.25, 0.3) is 0 Å². The Morgan fingerprint density at radius 1 is 1.47 bits per heavy atom. The number of hydrogen-bond donors (Lipinski definition) is 0. The monoisotopic (exact) mass is 302 g/mol. The molecular weight excluding hydrogens is 292 g/mol. The maximum absolute atomic E-state index is 11.5. The molecule has 1 aromatic rings. The molecule has 0 N–H and O–H groups in total. The fourth-order valence-corrected chi connectivity index (χ4v) is 1.29. The number of rotatable bonds is 5. The van der Waals surface area contributed by atoms with Gasteiger partial charge in [-0.25, -0.2) is 14.9 Å². The highest BCUT2D eigenvalue weighted by Gasteiger charge is 2.10. The molecule has 0 saturated carbocycles. The number of likely N-dealkylation sites (N-methyl/N-ethyl adjacent to an activating group) is 1.